The Bertz CT molecular complexity index is 1030. The van der Waals surface area contributed by atoms with Crippen LogP contribution in [-0.2, 0) is 16.1 Å². The Morgan fingerprint density at radius 3 is 2.47 bits per heavy atom. The summed E-state index contributed by atoms with van der Waals surface area (Å²) < 4.78 is 21.9. The highest BCUT2D eigenvalue weighted by atomic mass is 16.6. The summed E-state index contributed by atoms with van der Waals surface area (Å²) in [6.07, 6.45) is 0.355. The van der Waals surface area contributed by atoms with E-state index >= 15 is 0 Å². The normalized spacial score (nSPS) is 16.8. The lowest BCUT2D eigenvalue weighted by Gasteiger charge is -2.34. The van der Waals surface area contributed by atoms with Crippen molar-refractivity contribution >= 4 is 12.0 Å². The summed E-state index contributed by atoms with van der Waals surface area (Å²) in [5.41, 5.74) is 1.47. The summed E-state index contributed by atoms with van der Waals surface area (Å²) in [6.45, 7) is 7.11. The topological polar surface area (TPSA) is 89.6 Å². The Balaban J connectivity index is 1.67. The Morgan fingerprint density at radius 1 is 1.03 bits per heavy atom. The molecule has 1 N–H and O–H groups in total. The van der Waals surface area contributed by atoms with Crippen LogP contribution in [-0.4, -0.2) is 88.0 Å². The van der Waals surface area contributed by atoms with Gasteiger partial charge in [0.1, 0.15) is 6.61 Å². The average Bonchev–Trinajstić information content (AvgIpc) is 3.40. The maximum atomic E-state index is 13.7. The van der Waals surface area contributed by atoms with Crippen LogP contribution in [0.3, 0.4) is 0 Å². The molecule has 0 bridgehead atoms. The predicted molar refractivity (Wildman–Crippen MR) is 146 cm³/mol. The summed E-state index contributed by atoms with van der Waals surface area (Å²) in [5.74, 6) is 1.06. The SMILES string of the molecule is COCCCOc1cc(C(=O)N(C[C@@H]2CNC[C@H]2N(C)C(=O)OCc2ccccc2)C(C)C)ccc1OC. The molecule has 0 spiro atoms. The number of nitrogens with one attached hydrogen (secondary N) is 1. The fraction of sp³-hybridized carbons (Fsp3) is 0.517. The number of likely N-dealkylation sites (N-methyl/N-ethyl adjacent to an activating group) is 1. The van der Waals surface area contributed by atoms with Crippen molar-refractivity contribution in [2.45, 2.75) is 39.0 Å². The standard InChI is InChI=1S/C29H41N3O6/c1-21(2)32(28(33)23-12-13-26(36-5)27(16-23)37-15-9-14-35-4)19-24-17-30-18-25(24)31(3)29(34)38-20-22-10-7-6-8-11-22/h6-8,10-13,16,21,24-25,30H,9,14-15,17-20H2,1-5H3/t24-,25+/m0/s1. The smallest absolute Gasteiger partial charge is 0.410 e. The van der Waals surface area contributed by atoms with E-state index in [9.17, 15) is 9.59 Å². The molecule has 9 heteroatoms. The van der Waals surface area contributed by atoms with Crippen molar-refractivity contribution in [2.75, 3.05) is 54.1 Å². The second kappa shape index (κ2) is 14.6. The summed E-state index contributed by atoms with van der Waals surface area (Å²) in [4.78, 5) is 30.0. The molecule has 3 rings (SSSR count). The first-order valence-corrected chi connectivity index (χ1v) is 13.1. The van der Waals surface area contributed by atoms with E-state index in [1.54, 1.807) is 44.4 Å². The fourth-order valence-electron chi connectivity index (χ4n) is 4.57. The number of hydrogen-bond acceptors (Lipinski definition) is 7. The molecule has 1 aliphatic heterocycles. The first-order chi connectivity index (χ1) is 18.3. The largest absolute Gasteiger partial charge is 0.493 e. The second-order valence-electron chi connectivity index (χ2n) is 9.75. The summed E-state index contributed by atoms with van der Waals surface area (Å²) in [5, 5.41) is 3.38. The molecule has 2 aromatic rings. The summed E-state index contributed by atoms with van der Waals surface area (Å²) >= 11 is 0. The van der Waals surface area contributed by atoms with Crippen LogP contribution in [0.5, 0.6) is 11.5 Å². The number of benzene rings is 2. The Morgan fingerprint density at radius 2 is 1.79 bits per heavy atom. The number of hydrogen-bond donors (Lipinski definition) is 1. The number of amides is 2. The lowest BCUT2D eigenvalue weighted by Crippen LogP contribution is -2.48. The molecule has 9 nitrogen and oxygen atoms in total. The summed E-state index contributed by atoms with van der Waals surface area (Å²) in [7, 11) is 4.99. The van der Waals surface area contributed by atoms with E-state index in [4.69, 9.17) is 18.9 Å². The van der Waals surface area contributed by atoms with Gasteiger partial charge in [0.25, 0.3) is 5.91 Å². The van der Waals surface area contributed by atoms with Gasteiger partial charge in [-0.05, 0) is 37.6 Å². The molecular weight excluding hydrogens is 486 g/mol. The zero-order valence-electron chi connectivity index (χ0n) is 23.1. The molecule has 0 aliphatic carbocycles. The molecule has 208 valence electrons. The molecule has 1 saturated heterocycles. The van der Waals surface area contributed by atoms with Crippen molar-refractivity contribution < 1.29 is 28.5 Å². The lowest BCUT2D eigenvalue weighted by molar-refractivity contribution is 0.0611. The highest BCUT2D eigenvalue weighted by molar-refractivity contribution is 5.95. The van der Waals surface area contributed by atoms with Gasteiger partial charge < -0.3 is 34.1 Å². The quantitative estimate of drug-likeness (QED) is 0.396. The van der Waals surface area contributed by atoms with Crippen LogP contribution in [0.15, 0.2) is 48.5 Å². The van der Waals surface area contributed by atoms with Crippen molar-refractivity contribution in [1.29, 1.82) is 0 Å². The number of methoxy groups -OCH3 is 2. The van der Waals surface area contributed by atoms with Crippen molar-refractivity contribution in [3.05, 3.63) is 59.7 Å². The van der Waals surface area contributed by atoms with E-state index in [2.05, 4.69) is 5.32 Å². The third-order valence-corrected chi connectivity index (χ3v) is 6.77. The van der Waals surface area contributed by atoms with E-state index in [1.165, 1.54) is 0 Å². The molecular formula is C29H41N3O6. The van der Waals surface area contributed by atoms with Gasteiger partial charge in [-0.15, -0.1) is 0 Å². The molecule has 0 unspecified atom stereocenters. The molecule has 1 fully saturated rings. The van der Waals surface area contributed by atoms with Gasteiger partial charge in [0.2, 0.25) is 0 Å². The number of carbonyl (C=O) groups excluding carboxylic acids is 2. The van der Waals surface area contributed by atoms with E-state index in [0.29, 0.717) is 49.9 Å². The van der Waals surface area contributed by atoms with Gasteiger partial charge in [-0.1, -0.05) is 30.3 Å². The first kappa shape index (κ1) is 29.3. The van der Waals surface area contributed by atoms with E-state index < -0.39 is 0 Å². The van der Waals surface area contributed by atoms with Crippen LogP contribution < -0.4 is 14.8 Å². The molecule has 1 aliphatic rings. The van der Waals surface area contributed by atoms with Crippen LogP contribution in [0, 0.1) is 5.92 Å². The zero-order valence-corrected chi connectivity index (χ0v) is 23.1. The maximum absolute atomic E-state index is 13.7. The van der Waals surface area contributed by atoms with Gasteiger partial charge in [-0.3, -0.25) is 4.79 Å². The van der Waals surface area contributed by atoms with Gasteiger partial charge in [-0.2, -0.15) is 0 Å². The van der Waals surface area contributed by atoms with Crippen molar-refractivity contribution in [3.63, 3.8) is 0 Å². The van der Waals surface area contributed by atoms with E-state index in [1.807, 2.05) is 49.1 Å². The molecule has 0 aromatic heterocycles. The van der Waals surface area contributed by atoms with E-state index in [-0.39, 0.29) is 36.6 Å². The predicted octanol–water partition coefficient (Wildman–Crippen LogP) is 3.82. The lowest BCUT2D eigenvalue weighted by atomic mass is 10.0. The van der Waals surface area contributed by atoms with Crippen molar-refractivity contribution in [3.8, 4) is 11.5 Å². The van der Waals surface area contributed by atoms with Crippen LogP contribution >= 0.6 is 0 Å². The van der Waals surface area contributed by atoms with Gasteiger partial charge in [0.05, 0.1) is 19.8 Å². The molecule has 1 heterocycles. The molecule has 2 amide bonds. The maximum Gasteiger partial charge on any atom is 0.410 e. The molecule has 38 heavy (non-hydrogen) atoms. The number of carbonyl (C=O) groups is 2. The van der Waals surface area contributed by atoms with Crippen LogP contribution in [0.1, 0.15) is 36.2 Å². The zero-order chi connectivity index (χ0) is 27.5. The minimum atomic E-state index is -0.375. The van der Waals surface area contributed by atoms with Gasteiger partial charge in [0, 0.05) is 64.3 Å². The highest BCUT2D eigenvalue weighted by Gasteiger charge is 2.36. The van der Waals surface area contributed by atoms with Gasteiger partial charge in [-0.25, -0.2) is 4.79 Å². The first-order valence-electron chi connectivity index (χ1n) is 13.1. The minimum absolute atomic E-state index is 0.0349. The average molecular weight is 528 g/mol. The molecule has 0 radical (unpaired) electrons. The Hall–Kier alpha value is -3.30. The third-order valence-electron chi connectivity index (χ3n) is 6.77. The number of ether oxygens (including phenoxy) is 4. The number of nitrogens with zero attached hydrogens (tertiary/aromatic N) is 2. The minimum Gasteiger partial charge on any atom is -0.493 e. The second-order valence-corrected chi connectivity index (χ2v) is 9.75. The van der Waals surface area contributed by atoms with E-state index in [0.717, 1.165) is 12.0 Å². The summed E-state index contributed by atoms with van der Waals surface area (Å²) in [6, 6.07) is 14.7. The molecule has 2 aromatic carbocycles. The number of rotatable bonds is 13. The van der Waals surface area contributed by atoms with Crippen LogP contribution in [0.4, 0.5) is 4.79 Å². The molecule has 0 saturated carbocycles. The van der Waals surface area contributed by atoms with Gasteiger partial charge >= 0.3 is 6.09 Å². The van der Waals surface area contributed by atoms with Crippen molar-refractivity contribution in [2.24, 2.45) is 5.92 Å². The van der Waals surface area contributed by atoms with Gasteiger partial charge in [0.15, 0.2) is 11.5 Å². The molecule has 2 atom stereocenters. The van der Waals surface area contributed by atoms with Crippen LogP contribution in [0.25, 0.3) is 0 Å². The highest BCUT2D eigenvalue weighted by Crippen LogP contribution is 2.29. The third kappa shape index (κ3) is 7.85. The van der Waals surface area contributed by atoms with Crippen molar-refractivity contribution in [1.82, 2.24) is 15.1 Å². The fourth-order valence-corrected chi connectivity index (χ4v) is 4.57. The van der Waals surface area contributed by atoms with Crippen LogP contribution in [0.2, 0.25) is 0 Å². The monoisotopic (exact) mass is 527 g/mol. The Labute approximate surface area is 226 Å². The Kier molecular flexibility index (Phi) is 11.2.